The molecule has 238 valence electrons. The van der Waals surface area contributed by atoms with Crippen molar-refractivity contribution in [2.75, 3.05) is 23.1 Å². The van der Waals surface area contributed by atoms with E-state index in [1.807, 2.05) is 65.0 Å². The molecule has 1 aliphatic heterocycles. The molecule has 1 aromatic heterocycles. The maximum absolute atomic E-state index is 13.8. The maximum Gasteiger partial charge on any atom is 0.413 e. The number of thiophene rings is 1. The summed E-state index contributed by atoms with van der Waals surface area (Å²) in [6.07, 6.45) is 3.31. The lowest BCUT2D eigenvalue weighted by Gasteiger charge is -2.33. The number of esters is 1. The zero-order valence-electron chi connectivity index (χ0n) is 26.7. The molecule has 44 heavy (non-hydrogen) atoms. The van der Waals surface area contributed by atoms with Crippen LogP contribution >= 0.6 is 23.1 Å². The van der Waals surface area contributed by atoms with E-state index in [-0.39, 0.29) is 23.9 Å². The third kappa shape index (κ3) is 8.44. The second-order valence-corrected chi connectivity index (χ2v) is 14.8. The molecule has 4 rings (SSSR count). The average Bonchev–Trinajstić information content (AvgIpc) is 3.60. The number of amidine groups is 1. The van der Waals surface area contributed by atoms with E-state index in [4.69, 9.17) is 9.47 Å². The summed E-state index contributed by atoms with van der Waals surface area (Å²) in [6, 6.07) is 9.44. The number of aliphatic imine (C=N–C) groups is 1. The van der Waals surface area contributed by atoms with Crippen LogP contribution in [0.15, 0.2) is 47.6 Å². The van der Waals surface area contributed by atoms with Gasteiger partial charge in [0.05, 0.1) is 12.8 Å². The Morgan fingerprint density at radius 2 is 1.73 bits per heavy atom. The lowest BCUT2D eigenvalue weighted by atomic mass is 9.82. The number of carbonyl (C=O) groups is 3. The van der Waals surface area contributed by atoms with Crippen molar-refractivity contribution in [3.8, 4) is 10.4 Å². The molecule has 11 heteroatoms. The number of alkyl carbamates (subject to hydrolysis) is 1. The molecule has 9 nitrogen and oxygen atoms in total. The highest BCUT2D eigenvalue weighted by molar-refractivity contribution is 8.14. The number of carbonyl (C=O) groups excluding carboxylic acids is 3. The van der Waals surface area contributed by atoms with Gasteiger partial charge in [-0.05, 0) is 90.0 Å². The summed E-state index contributed by atoms with van der Waals surface area (Å²) in [5.41, 5.74) is 2.49. The Bertz CT molecular complexity index is 1400. The number of nitrogens with zero attached hydrogens (tertiary/aromatic N) is 2. The molecule has 1 unspecified atom stereocenters. The summed E-state index contributed by atoms with van der Waals surface area (Å²) >= 11 is 2.77. The van der Waals surface area contributed by atoms with Crippen LogP contribution in [0.5, 0.6) is 0 Å². The standard InChI is InChI=1S/C33H44N4O5S2/c1-19(2)37(29(38)23-11-9-20(3)10-12-23)26-17-27(44-28(26)30(39)41-8)22-13-15-24(16-14-22)34-21(4)25-18-43-31(35-25)36-32(40)42-33(5,6)7/h13-17,19-20,23,25,34H,4,9-12,18H2,1-3,5-8H3,(H,35,36,40). The average molecular weight is 641 g/mol. The molecule has 1 atom stereocenters. The molecular weight excluding hydrogens is 597 g/mol. The molecule has 0 bridgehead atoms. The van der Waals surface area contributed by atoms with Gasteiger partial charge in [-0.15, -0.1) is 11.3 Å². The van der Waals surface area contributed by atoms with Crippen molar-refractivity contribution in [2.24, 2.45) is 16.8 Å². The van der Waals surface area contributed by atoms with E-state index in [9.17, 15) is 14.4 Å². The van der Waals surface area contributed by atoms with E-state index in [1.165, 1.54) is 30.2 Å². The summed E-state index contributed by atoms with van der Waals surface area (Å²) in [4.78, 5) is 46.4. The zero-order chi connectivity index (χ0) is 32.2. The van der Waals surface area contributed by atoms with Gasteiger partial charge in [-0.1, -0.05) is 37.4 Å². The van der Waals surface area contributed by atoms with E-state index in [0.717, 1.165) is 41.8 Å². The van der Waals surface area contributed by atoms with Crippen LogP contribution in [0.3, 0.4) is 0 Å². The van der Waals surface area contributed by atoms with Crippen molar-refractivity contribution < 1.29 is 23.9 Å². The van der Waals surface area contributed by atoms with Crippen molar-refractivity contribution in [3.63, 3.8) is 0 Å². The van der Waals surface area contributed by atoms with Crippen molar-refractivity contribution in [3.05, 3.63) is 47.5 Å². The third-order valence-corrected chi connectivity index (χ3v) is 9.71. The number of thioether (sulfide) groups is 1. The van der Waals surface area contributed by atoms with Crippen LogP contribution in [0, 0.1) is 11.8 Å². The number of ether oxygens (including phenoxy) is 2. The summed E-state index contributed by atoms with van der Waals surface area (Å²) in [7, 11) is 1.37. The van der Waals surface area contributed by atoms with Gasteiger partial charge in [0.1, 0.15) is 16.5 Å². The Morgan fingerprint density at radius 3 is 2.32 bits per heavy atom. The van der Waals surface area contributed by atoms with Crippen LogP contribution in [-0.2, 0) is 14.3 Å². The molecule has 2 aromatic rings. The number of methoxy groups -OCH3 is 1. The van der Waals surface area contributed by atoms with Crippen molar-refractivity contribution in [1.29, 1.82) is 0 Å². The first-order valence-electron chi connectivity index (χ1n) is 15.1. The van der Waals surface area contributed by atoms with Crippen molar-refractivity contribution >= 4 is 57.6 Å². The van der Waals surface area contributed by atoms with Gasteiger partial charge in [0.15, 0.2) is 5.17 Å². The van der Waals surface area contributed by atoms with Crippen LogP contribution in [0.1, 0.15) is 76.9 Å². The molecule has 0 spiro atoms. The maximum atomic E-state index is 13.8. The molecule has 1 saturated carbocycles. The number of benzene rings is 1. The van der Waals surface area contributed by atoms with Crippen molar-refractivity contribution in [1.82, 2.24) is 5.32 Å². The molecule has 0 radical (unpaired) electrons. The van der Waals surface area contributed by atoms with Gasteiger partial charge in [-0.3, -0.25) is 15.1 Å². The molecule has 2 N–H and O–H groups in total. The molecule has 0 saturated heterocycles. The van der Waals surface area contributed by atoms with E-state index in [2.05, 4.69) is 29.1 Å². The normalized spacial score (nSPS) is 20.1. The van der Waals surface area contributed by atoms with E-state index < -0.39 is 17.7 Å². The minimum absolute atomic E-state index is 0.0346. The summed E-state index contributed by atoms with van der Waals surface area (Å²) in [5.74, 6) is 0.887. The summed E-state index contributed by atoms with van der Waals surface area (Å²) in [5, 5.41) is 6.52. The molecule has 1 aliphatic carbocycles. The van der Waals surface area contributed by atoms with Gasteiger partial charge in [-0.25, -0.2) is 9.59 Å². The highest BCUT2D eigenvalue weighted by Gasteiger charge is 2.34. The fourth-order valence-corrected chi connectivity index (χ4v) is 7.32. The first-order chi connectivity index (χ1) is 20.8. The Morgan fingerprint density at radius 1 is 1.07 bits per heavy atom. The van der Waals surface area contributed by atoms with Crippen molar-refractivity contribution in [2.45, 2.75) is 84.9 Å². The second-order valence-electron chi connectivity index (χ2n) is 12.7. The number of hydrogen-bond donors (Lipinski definition) is 2. The van der Waals surface area contributed by atoms with Crippen LogP contribution < -0.4 is 15.5 Å². The first-order valence-corrected chi connectivity index (χ1v) is 16.9. The van der Waals surface area contributed by atoms with Crippen LogP contribution in [0.25, 0.3) is 10.4 Å². The van der Waals surface area contributed by atoms with E-state index >= 15 is 0 Å². The third-order valence-electron chi connectivity index (χ3n) is 7.60. The van der Waals surface area contributed by atoms with Gasteiger partial charge >= 0.3 is 12.1 Å². The Labute approximate surface area is 268 Å². The second kappa shape index (κ2) is 14.2. The number of amides is 2. The number of hydrogen-bond acceptors (Lipinski definition) is 9. The molecule has 2 amide bonds. The highest BCUT2D eigenvalue weighted by Crippen LogP contribution is 2.40. The van der Waals surface area contributed by atoms with Gasteiger partial charge in [0.2, 0.25) is 5.91 Å². The van der Waals surface area contributed by atoms with Crippen LogP contribution in [0.2, 0.25) is 0 Å². The molecular formula is C33H44N4O5S2. The molecule has 1 fully saturated rings. The van der Waals surface area contributed by atoms with Gasteiger partial charge in [0, 0.05) is 34.0 Å². The van der Waals surface area contributed by atoms with Gasteiger partial charge < -0.3 is 19.7 Å². The predicted octanol–water partition coefficient (Wildman–Crippen LogP) is 7.69. The monoisotopic (exact) mass is 640 g/mol. The summed E-state index contributed by atoms with van der Waals surface area (Å²) in [6.45, 7) is 15.8. The van der Waals surface area contributed by atoms with Crippen LogP contribution in [0.4, 0.5) is 16.2 Å². The Kier molecular flexibility index (Phi) is 10.8. The smallest absolute Gasteiger partial charge is 0.413 e. The minimum Gasteiger partial charge on any atom is -0.465 e. The summed E-state index contributed by atoms with van der Waals surface area (Å²) < 4.78 is 10.4. The lowest BCUT2D eigenvalue weighted by molar-refractivity contribution is -0.123. The van der Waals surface area contributed by atoms with Gasteiger partial charge in [0.25, 0.3) is 0 Å². The Hall–Kier alpha value is -3.31. The highest BCUT2D eigenvalue weighted by atomic mass is 32.2. The van der Waals surface area contributed by atoms with Gasteiger partial charge in [-0.2, -0.15) is 0 Å². The molecule has 2 heterocycles. The SMILES string of the molecule is C=C(Nc1ccc(-c2cc(N(C(=O)C3CCC(C)CC3)C(C)C)c(C(=O)OC)s2)cc1)C1CSC(NC(=O)OC(C)(C)C)=N1. The largest absolute Gasteiger partial charge is 0.465 e. The first kappa shape index (κ1) is 33.6. The zero-order valence-corrected chi connectivity index (χ0v) is 28.3. The topological polar surface area (TPSA) is 109 Å². The van der Waals surface area contributed by atoms with E-state index in [0.29, 0.717) is 33.1 Å². The minimum atomic E-state index is -0.588. The van der Waals surface area contributed by atoms with E-state index in [1.54, 1.807) is 4.90 Å². The predicted molar refractivity (Wildman–Crippen MR) is 181 cm³/mol. The lowest BCUT2D eigenvalue weighted by Crippen LogP contribution is -2.42. The quantitative estimate of drug-likeness (QED) is 0.285. The number of rotatable bonds is 8. The Balaban J connectivity index is 1.48. The number of nitrogens with one attached hydrogen (secondary N) is 2. The number of anilines is 2. The molecule has 2 aliphatic rings. The molecule has 1 aromatic carbocycles. The fourth-order valence-electron chi connectivity index (χ4n) is 5.29. The van der Waals surface area contributed by atoms with Crippen LogP contribution in [-0.4, -0.2) is 53.7 Å². The fraction of sp³-hybridized carbons (Fsp3) is 0.515.